The minimum atomic E-state index is 0.357. The van der Waals surface area contributed by atoms with E-state index in [2.05, 4.69) is 72.5 Å². The lowest BCUT2D eigenvalue weighted by Crippen LogP contribution is -2.29. The zero-order valence-corrected chi connectivity index (χ0v) is 12.8. The average Bonchev–Trinajstić information content (AvgIpc) is 3.32. The molecular weight excluding hydrogens is 266 g/mol. The molecule has 2 aromatic rings. The molecule has 1 saturated carbocycles. The number of benzene rings is 2. The molecule has 3 aliphatic rings. The van der Waals surface area contributed by atoms with Crippen LogP contribution in [0.5, 0.6) is 0 Å². The zero-order valence-electron chi connectivity index (χ0n) is 12.8. The van der Waals surface area contributed by atoms with E-state index in [1.54, 1.807) is 11.1 Å². The quantitative estimate of drug-likeness (QED) is 0.719. The molecule has 0 bridgehead atoms. The van der Waals surface area contributed by atoms with Crippen LogP contribution in [-0.4, -0.2) is 6.54 Å². The molecule has 2 aromatic carbocycles. The summed E-state index contributed by atoms with van der Waals surface area (Å²) in [6.45, 7) is 3.27. The fourth-order valence-corrected chi connectivity index (χ4v) is 4.29. The summed E-state index contributed by atoms with van der Waals surface area (Å²) in [6, 6.07) is 19.8. The Balaban J connectivity index is 1.64. The van der Waals surface area contributed by atoms with Crippen molar-refractivity contribution in [3.63, 3.8) is 0 Å². The van der Waals surface area contributed by atoms with Gasteiger partial charge in [-0.1, -0.05) is 42.5 Å². The van der Waals surface area contributed by atoms with Crippen molar-refractivity contribution in [3.8, 4) is 0 Å². The highest BCUT2D eigenvalue weighted by Gasteiger charge is 2.54. The van der Waals surface area contributed by atoms with Gasteiger partial charge in [-0.2, -0.15) is 0 Å². The van der Waals surface area contributed by atoms with Crippen molar-refractivity contribution < 1.29 is 0 Å². The van der Waals surface area contributed by atoms with E-state index in [4.69, 9.17) is 0 Å². The molecule has 1 fully saturated rings. The molecule has 0 aromatic heterocycles. The number of nitrogens with zero attached hydrogens (tertiary/aromatic N) is 1. The zero-order chi connectivity index (χ0) is 14.7. The lowest BCUT2D eigenvalue weighted by atomic mass is 9.91. The van der Waals surface area contributed by atoms with Crippen molar-refractivity contribution in [3.05, 3.63) is 83.1 Å². The number of para-hydroxylation sites is 1. The van der Waals surface area contributed by atoms with Crippen LogP contribution in [0.15, 0.2) is 71.9 Å². The van der Waals surface area contributed by atoms with Crippen LogP contribution >= 0.6 is 0 Å². The number of hydrogen-bond acceptors (Lipinski definition) is 1. The SMILES string of the molecule is CC1=CC2=C(CN1c1ccccc1)C1(CC1)c1ccccc12. The van der Waals surface area contributed by atoms with Gasteiger partial charge in [-0.3, -0.25) is 0 Å². The highest BCUT2D eigenvalue weighted by Crippen LogP contribution is 2.62. The molecule has 108 valence electrons. The van der Waals surface area contributed by atoms with Gasteiger partial charge in [0.1, 0.15) is 0 Å². The number of hydrogen-bond donors (Lipinski definition) is 0. The predicted octanol–water partition coefficient (Wildman–Crippen LogP) is 4.91. The lowest BCUT2D eigenvalue weighted by molar-refractivity contribution is 0.788. The normalized spacial score (nSPS) is 20.8. The molecule has 0 unspecified atom stereocenters. The maximum absolute atomic E-state index is 2.46. The van der Waals surface area contributed by atoms with Crippen molar-refractivity contribution in [2.75, 3.05) is 11.4 Å². The molecule has 1 aliphatic heterocycles. The summed E-state index contributed by atoms with van der Waals surface area (Å²) in [6.07, 6.45) is 5.04. The van der Waals surface area contributed by atoms with Crippen molar-refractivity contribution in [1.82, 2.24) is 0 Å². The first kappa shape index (κ1) is 12.3. The van der Waals surface area contributed by atoms with Crippen LogP contribution < -0.4 is 4.90 Å². The van der Waals surface area contributed by atoms with Crippen LogP contribution in [0.4, 0.5) is 5.69 Å². The van der Waals surface area contributed by atoms with Gasteiger partial charge < -0.3 is 4.90 Å². The fraction of sp³-hybridized carbons (Fsp3) is 0.238. The van der Waals surface area contributed by atoms with Crippen LogP contribution in [0.3, 0.4) is 0 Å². The first-order valence-electron chi connectivity index (χ1n) is 8.14. The van der Waals surface area contributed by atoms with Crippen LogP contribution in [0.25, 0.3) is 5.57 Å². The molecule has 0 saturated heterocycles. The van der Waals surface area contributed by atoms with E-state index in [1.807, 2.05) is 0 Å². The van der Waals surface area contributed by atoms with Gasteiger partial charge in [0.25, 0.3) is 0 Å². The highest BCUT2D eigenvalue weighted by atomic mass is 15.1. The second kappa shape index (κ2) is 4.13. The molecule has 0 N–H and O–H groups in total. The predicted molar refractivity (Wildman–Crippen MR) is 91.8 cm³/mol. The molecule has 0 atom stereocenters. The van der Waals surface area contributed by atoms with E-state index in [1.165, 1.54) is 35.4 Å². The van der Waals surface area contributed by atoms with Crippen LogP contribution in [-0.2, 0) is 5.41 Å². The van der Waals surface area contributed by atoms with Crippen LogP contribution in [0, 0.1) is 0 Å². The second-order valence-electron chi connectivity index (χ2n) is 6.73. The van der Waals surface area contributed by atoms with E-state index < -0.39 is 0 Å². The lowest BCUT2D eigenvalue weighted by Gasteiger charge is -2.32. The van der Waals surface area contributed by atoms with Gasteiger partial charge in [-0.25, -0.2) is 0 Å². The van der Waals surface area contributed by atoms with Gasteiger partial charge in [-0.15, -0.1) is 0 Å². The number of fused-ring (bicyclic) bond motifs is 4. The Kier molecular flexibility index (Phi) is 2.31. The van der Waals surface area contributed by atoms with Gasteiger partial charge in [0.05, 0.1) is 0 Å². The Morgan fingerprint density at radius 2 is 1.64 bits per heavy atom. The largest absolute Gasteiger partial charge is 0.341 e. The summed E-state index contributed by atoms with van der Waals surface area (Å²) in [7, 11) is 0. The Bertz CT molecular complexity index is 822. The van der Waals surface area contributed by atoms with E-state index in [0.717, 1.165) is 6.54 Å². The number of rotatable bonds is 1. The molecule has 1 spiro atoms. The van der Waals surface area contributed by atoms with Crippen molar-refractivity contribution in [1.29, 1.82) is 0 Å². The minimum absolute atomic E-state index is 0.357. The fourth-order valence-electron chi connectivity index (χ4n) is 4.29. The summed E-state index contributed by atoms with van der Waals surface area (Å²) in [5.41, 5.74) is 9.19. The van der Waals surface area contributed by atoms with Gasteiger partial charge in [-0.05, 0) is 60.2 Å². The molecule has 0 radical (unpaired) electrons. The van der Waals surface area contributed by atoms with E-state index in [-0.39, 0.29) is 0 Å². The van der Waals surface area contributed by atoms with Crippen molar-refractivity contribution in [2.45, 2.75) is 25.2 Å². The molecule has 1 nitrogen and oxygen atoms in total. The minimum Gasteiger partial charge on any atom is -0.341 e. The van der Waals surface area contributed by atoms with Gasteiger partial charge in [0.2, 0.25) is 0 Å². The first-order chi connectivity index (χ1) is 10.8. The van der Waals surface area contributed by atoms with Gasteiger partial charge >= 0.3 is 0 Å². The average molecular weight is 285 g/mol. The highest BCUT2D eigenvalue weighted by molar-refractivity contribution is 5.90. The Morgan fingerprint density at radius 1 is 0.909 bits per heavy atom. The van der Waals surface area contributed by atoms with Gasteiger partial charge in [0.15, 0.2) is 0 Å². The Labute approximate surface area is 131 Å². The molecule has 2 aliphatic carbocycles. The summed E-state index contributed by atoms with van der Waals surface area (Å²) in [5, 5.41) is 0. The third-order valence-corrected chi connectivity index (χ3v) is 5.55. The van der Waals surface area contributed by atoms with E-state index in [0.29, 0.717) is 5.41 Å². The molecule has 0 amide bonds. The van der Waals surface area contributed by atoms with Gasteiger partial charge in [0, 0.05) is 23.3 Å². The Hall–Kier alpha value is -2.28. The van der Waals surface area contributed by atoms with Crippen LogP contribution in [0.2, 0.25) is 0 Å². The topological polar surface area (TPSA) is 3.24 Å². The summed E-state index contributed by atoms with van der Waals surface area (Å²) < 4.78 is 0. The summed E-state index contributed by atoms with van der Waals surface area (Å²) >= 11 is 0. The Morgan fingerprint density at radius 3 is 2.41 bits per heavy atom. The standard InChI is InChI=1S/C21H19N/c1-15-13-18-17-9-5-6-10-19(17)21(11-12-21)20(18)14-22(15)16-7-3-2-4-8-16/h2-10,13H,11-12,14H2,1H3. The summed E-state index contributed by atoms with van der Waals surface area (Å²) in [4.78, 5) is 2.46. The molecule has 1 heterocycles. The third-order valence-electron chi connectivity index (χ3n) is 5.55. The molecule has 22 heavy (non-hydrogen) atoms. The second-order valence-corrected chi connectivity index (χ2v) is 6.73. The summed E-state index contributed by atoms with van der Waals surface area (Å²) in [5.74, 6) is 0. The molecule has 5 rings (SSSR count). The first-order valence-corrected chi connectivity index (χ1v) is 8.14. The van der Waals surface area contributed by atoms with E-state index in [9.17, 15) is 0 Å². The van der Waals surface area contributed by atoms with Crippen LogP contribution in [0.1, 0.15) is 30.9 Å². The maximum atomic E-state index is 2.46. The van der Waals surface area contributed by atoms with E-state index >= 15 is 0 Å². The number of allylic oxidation sites excluding steroid dienone is 3. The third kappa shape index (κ3) is 1.49. The van der Waals surface area contributed by atoms with Crippen molar-refractivity contribution >= 4 is 11.3 Å². The van der Waals surface area contributed by atoms with Crippen molar-refractivity contribution in [2.24, 2.45) is 0 Å². The maximum Gasteiger partial charge on any atom is 0.0455 e. The molecular formula is C21H19N. The number of anilines is 1. The molecule has 1 heteroatoms. The monoisotopic (exact) mass is 285 g/mol. The smallest absolute Gasteiger partial charge is 0.0455 e.